The zero-order valence-corrected chi connectivity index (χ0v) is 19.0. The number of carboxylic acid groups (broad SMARTS) is 2. The molecule has 0 radical (unpaired) electrons. The molecule has 4 N–H and O–H groups in total. The number of hydrogen-bond acceptors (Lipinski definition) is 5. The van der Waals surface area contributed by atoms with E-state index in [0.29, 0.717) is 22.1 Å². The van der Waals surface area contributed by atoms with Crippen LogP contribution in [-0.2, 0) is 28.9 Å². The minimum Gasteiger partial charge on any atom is -0.481 e. The average molecular weight is 454 g/mol. The van der Waals surface area contributed by atoms with Gasteiger partial charge in [0.1, 0.15) is 16.7 Å². The van der Waals surface area contributed by atoms with Crippen LogP contribution in [0.2, 0.25) is 0 Å². The van der Waals surface area contributed by atoms with Gasteiger partial charge in [-0.15, -0.1) is 0 Å². The van der Waals surface area contributed by atoms with Gasteiger partial charge in [-0.1, -0.05) is 44.3 Å². The van der Waals surface area contributed by atoms with Crippen molar-refractivity contribution in [2.24, 2.45) is 17.6 Å². The molecule has 2 aromatic carbocycles. The van der Waals surface area contributed by atoms with E-state index >= 15 is 0 Å². The summed E-state index contributed by atoms with van der Waals surface area (Å²) in [6, 6.07) is 9.64. The van der Waals surface area contributed by atoms with Crippen LogP contribution in [0.3, 0.4) is 0 Å². The van der Waals surface area contributed by atoms with Crippen molar-refractivity contribution in [3.8, 4) is 0 Å². The number of rotatable bonds is 7. The zero-order chi connectivity index (χ0) is 23.2. The highest BCUT2D eigenvalue weighted by atomic mass is 32.1. The van der Waals surface area contributed by atoms with Gasteiger partial charge in [0.15, 0.2) is 0 Å². The molecule has 1 aliphatic rings. The van der Waals surface area contributed by atoms with E-state index in [2.05, 4.69) is 6.07 Å². The lowest BCUT2D eigenvalue weighted by molar-refractivity contribution is -0.155. The molecule has 1 atom stereocenters. The molecule has 1 heterocycles. The number of aryl methyl sites for hydroxylation is 2. The van der Waals surface area contributed by atoms with Crippen molar-refractivity contribution in [3.05, 3.63) is 51.5 Å². The summed E-state index contributed by atoms with van der Waals surface area (Å²) < 4.78 is 6.91. The number of benzene rings is 2. The van der Waals surface area contributed by atoms with Crippen LogP contribution >= 0.6 is 12.2 Å². The Labute approximate surface area is 191 Å². The first kappa shape index (κ1) is 22.4. The first-order chi connectivity index (χ1) is 15.2. The maximum Gasteiger partial charge on any atom is 0.324 e. The maximum atomic E-state index is 12.4. The van der Waals surface area contributed by atoms with E-state index in [1.807, 2.05) is 38.1 Å². The maximum absolute atomic E-state index is 12.4. The van der Waals surface area contributed by atoms with Gasteiger partial charge in [0, 0.05) is 17.2 Å². The van der Waals surface area contributed by atoms with Crippen LogP contribution in [0, 0.1) is 16.3 Å². The lowest BCUT2D eigenvalue weighted by atomic mass is 9.63. The van der Waals surface area contributed by atoms with Crippen molar-refractivity contribution in [3.63, 3.8) is 0 Å². The summed E-state index contributed by atoms with van der Waals surface area (Å²) in [4.78, 5) is 23.7. The van der Waals surface area contributed by atoms with Gasteiger partial charge in [0.05, 0.1) is 10.4 Å². The van der Waals surface area contributed by atoms with E-state index in [-0.39, 0.29) is 19.3 Å². The Balaban J connectivity index is 1.95. The molecular weight excluding hydrogens is 426 g/mol. The Kier molecular flexibility index (Phi) is 5.81. The van der Waals surface area contributed by atoms with Crippen LogP contribution in [0.1, 0.15) is 43.4 Å². The van der Waals surface area contributed by atoms with Crippen molar-refractivity contribution < 1.29 is 24.2 Å². The lowest BCUT2D eigenvalue weighted by Crippen LogP contribution is -2.60. The molecule has 1 saturated carbocycles. The number of hydrogen-bond donors (Lipinski definition) is 3. The van der Waals surface area contributed by atoms with E-state index in [9.17, 15) is 19.8 Å². The Morgan fingerprint density at radius 1 is 1.16 bits per heavy atom. The van der Waals surface area contributed by atoms with Crippen LogP contribution < -0.4 is 5.73 Å². The second-order valence-electron chi connectivity index (χ2n) is 8.74. The second-order valence-corrected chi connectivity index (χ2v) is 9.15. The highest BCUT2D eigenvalue weighted by molar-refractivity contribution is 7.72. The summed E-state index contributed by atoms with van der Waals surface area (Å²) in [5, 5.41) is 20.9. The normalized spacial score (nSPS) is 20.1. The minimum absolute atomic E-state index is 0.0699. The highest BCUT2D eigenvalue weighted by Gasteiger charge is 2.51. The fourth-order valence-corrected chi connectivity index (χ4v) is 5.26. The second kappa shape index (κ2) is 8.30. The molecule has 4 rings (SSSR count). The summed E-state index contributed by atoms with van der Waals surface area (Å²) in [5.74, 6) is -2.98. The predicted octanol–water partition coefficient (Wildman–Crippen LogP) is 4.88. The molecule has 3 aromatic rings. The van der Waals surface area contributed by atoms with E-state index in [4.69, 9.17) is 22.4 Å². The van der Waals surface area contributed by atoms with Gasteiger partial charge in [-0.2, -0.15) is 0 Å². The van der Waals surface area contributed by atoms with Gasteiger partial charge in [-0.3, -0.25) is 9.59 Å². The predicted molar refractivity (Wildman–Crippen MR) is 125 cm³/mol. The quantitative estimate of drug-likeness (QED) is 0.345. The number of fused-ring (bicyclic) bond motifs is 2. The smallest absolute Gasteiger partial charge is 0.324 e. The van der Waals surface area contributed by atoms with Crippen LogP contribution in [0.15, 0.2) is 34.7 Å². The summed E-state index contributed by atoms with van der Waals surface area (Å²) in [5.41, 5.74) is 9.13. The first-order valence-corrected chi connectivity index (χ1v) is 11.4. The number of para-hydroxylation sites is 1. The van der Waals surface area contributed by atoms with Crippen LogP contribution in [0.25, 0.3) is 21.9 Å². The van der Waals surface area contributed by atoms with E-state index in [1.165, 1.54) is 0 Å². The third kappa shape index (κ3) is 3.49. The molecule has 1 unspecified atom stereocenters. The van der Waals surface area contributed by atoms with Crippen molar-refractivity contribution in [1.29, 1.82) is 0 Å². The van der Waals surface area contributed by atoms with Gasteiger partial charge >= 0.3 is 11.9 Å². The fraction of sp³-hybridized carbons (Fsp3) is 0.400. The molecular formula is C25H27NO5S. The number of aliphatic carboxylic acids is 2. The molecule has 0 amide bonds. The van der Waals surface area contributed by atoms with E-state index < -0.39 is 29.3 Å². The Bertz CT molecular complexity index is 1290. The standard InChI is InChI=1S/C25H27NO5S/c1-3-13-9-14(4-2)21-20(22(32)17-7-5-6-8-19(17)31-21)18(13)12-25(26,24(29)30)16-10-15(11-16)23(27)28/h5-9,15-16H,3-4,10-12,26H2,1-2H3,(H,27,28)(H,29,30)/t15-,16+,25?. The summed E-state index contributed by atoms with van der Waals surface area (Å²) in [6.45, 7) is 4.07. The summed E-state index contributed by atoms with van der Waals surface area (Å²) in [6.07, 6.45) is 2.03. The Morgan fingerprint density at radius 3 is 2.41 bits per heavy atom. The highest BCUT2D eigenvalue weighted by Crippen LogP contribution is 2.43. The van der Waals surface area contributed by atoms with Gasteiger partial charge in [0.25, 0.3) is 0 Å². The zero-order valence-electron chi connectivity index (χ0n) is 18.2. The van der Waals surface area contributed by atoms with Crippen molar-refractivity contribution in [2.45, 2.75) is 51.5 Å². The molecule has 1 fully saturated rings. The Morgan fingerprint density at radius 2 is 1.81 bits per heavy atom. The molecule has 32 heavy (non-hydrogen) atoms. The number of carboxylic acids is 2. The monoisotopic (exact) mass is 453 g/mol. The molecule has 1 aromatic heterocycles. The van der Waals surface area contributed by atoms with E-state index in [1.54, 1.807) is 0 Å². The topological polar surface area (TPSA) is 114 Å². The molecule has 0 spiro atoms. The third-order valence-electron chi connectivity index (χ3n) is 6.97. The molecule has 1 aliphatic carbocycles. The largest absolute Gasteiger partial charge is 0.481 e. The van der Waals surface area contributed by atoms with Crippen molar-refractivity contribution in [1.82, 2.24) is 0 Å². The third-order valence-corrected chi connectivity index (χ3v) is 7.40. The molecule has 6 nitrogen and oxygen atoms in total. The van der Waals surface area contributed by atoms with Crippen molar-refractivity contribution in [2.75, 3.05) is 0 Å². The molecule has 0 saturated heterocycles. The first-order valence-electron chi connectivity index (χ1n) is 10.9. The van der Waals surface area contributed by atoms with Crippen LogP contribution in [-0.4, -0.2) is 27.7 Å². The molecule has 0 bridgehead atoms. The lowest BCUT2D eigenvalue weighted by Gasteiger charge is -2.43. The SMILES string of the molecule is CCc1cc(CC)c2oc3ccccc3c(=S)c2c1CC(N)(C(=O)O)[C@H]1C[C@@H](C(=O)O)C1. The molecule has 7 heteroatoms. The fourth-order valence-electron chi connectivity index (χ4n) is 4.87. The van der Waals surface area contributed by atoms with Gasteiger partial charge in [0.2, 0.25) is 0 Å². The average Bonchev–Trinajstić information content (AvgIpc) is 2.72. The molecule has 0 aliphatic heterocycles. The van der Waals surface area contributed by atoms with Crippen LogP contribution in [0.5, 0.6) is 0 Å². The number of carbonyl (C=O) groups is 2. The van der Waals surface area contributed by atoms with Crippen LogP contribution in [0.4, 0.5) is 0 Å². The van der Waals surface area contributed by atoms with Crippen molar-refractivity contribution >= 4 is 46.1 Å². The van der Waals surface area contributed by atoms with Gasteiger partial charge < -0.3 is 20.4 Å². The van der Waals surface area contributed by atoms with E-state index in [0.717, 1.165) is 33.9 Å². The van der Waals surface area contributed by atoms with Gasteiger partial charge in [-0.05, 0) is 60.4 Å². The minimum atomic E-state index is -1.58. The number of nitrogens with two attached hydrogens (primary N) is 1. The summed E-state index contributed by atoms with van der Waals surface area (Å²) >= 11 is 5.89. The summed E-state index contributed by atoms with van der Waals surface area (Å²) in [7, 11) is 0. The Hall–Kier alpha value is -2.77. The van der Waals surface area contributed by atoms with Gasteiger partial charge in [-0.25, -0.2) is 0 Å². The molecule has 168 valence electrons.